The zero-order valence-corrected chi connectivity index (χ0v) is 7.19. The maximum absolute atomic E-state index is 11.2. The molecule has 0 atom stereocenters. The van der Waals surface area contributed by atoms with Crippen LogP contribution in [0, 0.1) is 0 Å². The lowest BCUT2D eigenvalue weighted by molar-refractivity contribution is 0.940. The van der Waals surface area contributed by atoms with E-state index in [4.69, 9.17) is 0 Å². The summed E-state index contributed by atoms with van der Waals surface area (Å²) in [4.78, 5) is 21.4. The van der Waals surface area contributed by atoms with Crippen LogP contribution in [0.2, 0.25) is 0 Å². The second-order valence-electron chi connectivity index (χ2n) is 2.55. The fourth-order valence-corrected chi connectivity index (χ4v) is 0.961. The molecule has 0 saturated heterocycles. The van der Waals surface area contributed by atoms with Crippen LogP contribution in [0.1, 0.15) is 5.82 Å². The van der Waals surface area contributed by atoms with E-state index >= 15 is 0 Å². The van der Waals surface area contributed by atoms with Crippen molar-refractivity contribution >= 4 is 5.82 Å². The molecule has 72 valence electrons. The summed E-state index contributed by atoms with van der Waals surface area (Å²) in [5, 5.41) is 9.16. The topological polar surface area (TPSA) is 99.3 Å². The Morgan fingerprint density at radius 3 is 3.07 bits per heavy atom. The number of anilines is 1. The Morgan fingerprint density at radius 2 is 2.36 bits per heavy atom. The van der Waals surface area contributed by atoms with Gasteiger partial charge in [-0.1, -0.05) is 0 Å². The van der Waals surface area contributed by atoms with Crippen molar-refractivity contribution in [1.82, 2.24) is 25.1 Å². The van der Waals surface area contributed by atoms with Crippen LogP contribution in [0.3, 0.4) is 0 Å². The van der Waals surface area contributed by atoms with Crippen molar-refractivity contribution in [3.8, 4) is 0 Å². The van der Waals surface area contributed by atoms with Crippen LogP contribution in [0.4, 0.5) is 5.82 Å². The van der Waals surface area contributed by atoms with E-state index in [2.05, 4.69) is 30.5 Å². The minimum absolute atomic E-state index is 0.257. The SMILES string of the molecule is O=c1[nH]ccnc1NCc1ncn[nH]1. The van der Waals surface area contributed by atoms with Crippen molar-refractivity contribution in [1.29, 1.82) is 0 Å². The zero-order chi connectivity index (χ0) is 9.80. The third-order valence-corrected chi connectivity index (χ3v) is 1.60. The van der Waals surface area contributed by atoms with E-state index in [0.717, 1.165) is 0 Å². The van der Waals surface area contributed by atoms with Crippen molar-refractivity contribution in [2.45, 2.75) is 6.54 Å². The summed E-state index contributed by atoms with van der Waals surface area (Å²) in [5.74, 6) is 0.916. The summed E-state index contributed by atoms with van der Waals surface area (Å²) in [6.45, 7) is 0.389. The van der Waals surface area contributed by atoms with E-state index in [9.17, 15) is 4.79 Å². The van der Waals surface area contributed by atoms with E-state index in [0.29, 0.717) is 12.4 Å². The highest BCUT2D eigenvalue weighted by Crippen LogP contribution is 1.93. The van der Waals surface area contributed by atoms with Crippen LogP contribution < -0.4 is 10.9 Å². The molecule has 0 aromatic carbocycles. The first-order chi connectivity index (χ1) is 6.86. The molecular formula is C7H8N6O. The number of nitrogens with one attached hydrogen (secondary N) is 3. The van der Waals surface area contributed by atoms with Crippen LogP contribution in [-0.2, 0) is 6.54 Å². The monoisotopic (exact) mass is 192 g/mol. The summed E-state index contributed by atoms with van der Waals surface area (Å²) >= 11 is 0. The molecule has 2 aromatic rings. The number of hydrogen-bond acceptors (Lipinski definition) is 5. The predicted molar refractivity (Wildman–Crippen MR) is 48.6 cm³/mol. The molecule has 3 N–H and O–H groups in total. The zero-order valence-electron chi connectivity index (χ0n) is 7.19. The number of hydrogen-bond donors (Lipinski definition) is 3. The van der Waals surface area contributed by atoms with E-state index in [1.165, 1.54) is 18.7 Å². The van der Waals surface area contributed by atoms with Crippen LogP contribution in [-0.4, -0.2) is 25.1 Å². The third kappa shape index (κ3) is 1.76. The molecular weight excluding hydrogens is 184 g/mol. The van der Waals surface area contributed by atoms with Crippen LogP contribution in [0.25, 0.3) is 0 Å². The van der Waals surface area contributed by atoms with Gasteiger partial charge in [0, 0.05) is 12.4 Å². The summed E-state index contributed by atoms with van der Waals surface area (Å²) in [6, 6.07) is 0. The maximum atomic E-state index is 11.2. The van der Waals surface area contributed by atoms with Gasteiger partial charge in [0.05, 0.1) is 6.54 Å². The van der Waals surface area contributed by atoms with Crippen molar-refractivity contribution < 1.29 is 0 Å². The van der Waals surface area contributed by atoms with E-state index in [1.54, 1.807) is 0 Å². The largest absolute Gasteiger partial charge is 0.358 e. The van der Waals surface area contributed by atoms with Gasteiger partial charge in [-0.25, -0.2) is 9.97 Å². The Morgan fingerprint density at radius 1 is 1.43 bits per heavy atom. The molecule has 0 unspecified atom stereocenters. The van der Waals surface area contributed by atoms with E-state index in [-0.39, 0.29) is 11.4 Å². The maximum Gasteiger partial charge on any atom is 0.290 e. The molecule has 0 radical (unpaired) electrons. The van der Waals surface area contributed by atoms with Crippen molar-refractivity contribution in [3.05, 3.63) is 34.9 Å². The molecule has 0 spiro atoms. The highest BCUT2D eigenvalue weighted by molar-refractivity contribution is 5.29. The van der Waals surface area contributed by atoms with E-state index < -0.39 is 0 Å². The molecule has 0 saturated carbocycles. The van der Waals surface area contributed by atoms with Crippen molar-refractivity contribution in [2.24, 2.45) is 0 Å². The molecule has 0 aliphatic carbocycles. The summed E-state index contributed by atoms with van der Waals surface area (Å²) in [6.07, 6.45) is 4.38. The quantitative estimate of drug-likeness (QED) is 0.608. The van der Waals surface area contributed by atoms with Gasteiger partial charge >= 0.3 is 0 Å². The molecule has 2 aromatic heterocycles. The van der Waals surface area contributed by atoms with Crippen molar-refractivity contribution in [2.75, 3.05) is 5.32 Å². The first-order valence-electron chi connectivity index (χ1n) is 3.98. The van der Waals surface area contributed by atoms with Crippen LogP contribution in [0.5, 0.6) is 0 Å². The summed E-state index contributed by atoms with van der Waals surface area (Å²) in [7, 11) is 0. The molecule has 2 rings (SSSR count). The van der Waals surface area contributed by atoms with Crippen molar-refractivity contribution in [3.63, 3.8) is 0 Å². The fraction of sp³-hybridized carbons (Fsp3) is 0.143. The Hall–Kier alpha value is -2.18. The van der Waals surface area contributed by atoms with Crippen LogP contribution >= 0.6 is 0 Å². The Balaban J connectivity index is 2.06. The Kier molecular flexibility index (Phi) is 2.22. The fourth-order valence-electron chi connectivity index (χ4n) is 0.961. The van der Waals surface area contributed by atoms with Gasteiger partial charge in [0.15, 0.2) is 5.82 Å². The number of aromatic nitrogens is 5. The predicted octanol–water partition coefficient (Wildman–Crippen LogP) is -0.500. The second-order valence-corrected chi connectivity index (χ2v) is 2.55. The van der Waals surface area contributed by atoms with Gasteiger partial charge in [-0.3, -0.25) is 9.89 Å². The van der Waals surface area contributed by atoms with Gasteiger partial charge in [0.1, 0.15) is 12.2 Å². The van der Waals surface area contributed by atoms with Gasteiger partial charge < -0.3 is 10.3 Å². The highest BCUT2D eigenvalue weighted by Gasteiger charge is 1.99. The summed E-state index contributed by atoms with van der Waals surface area (Å²) in [5.41, 5.74) is -0.257. The summed E-state index contributed by atoms with van der Waals surface area (Å²) < 4.78 is 0. The average molecular weight is 192 g/mol. The minimum atomic E-state index is -0.257. The lowest BCUT2D eigenvalue weighted by atomic mass is 10.5. The molecule has 0 fully saturated rings. The van der Waals surface area contributed by atoms with Crippen LogP contribution in [0.15, 0.2) is 23.5 Å². The normalized spacial score (nSPS) is 10.0. The molecule has 0 amide bonds. The molecule has 2 heterocycles. The standard InChI is InChI=1S/C7H8N6O/c14-7-6(8-1-2-9-7)10-3-5-11-4-12-13-5/h1-2,4H,3H2,(H,8,10)(H,9,14)(H,11,12,13). The smallest absolute Gasteiger partial charge is 0.290 e. The van der Waals surface area contributed by atoms with Gasteiger partial charge in [-0.15, -0.1) is 0 Å². The molecule has 0 bridgehead atoms. The van der Waals surface area contributed by atoms with Gasteiger partial charge in [0.2, 0.25) is 0 Å². The molecule has 7 nitrogen and oxygen atoms in total. The minimum Gasteiger partial charge on any atom is -0.358 e. The Bertz CT molecular complexity index is 447. The van der Waals surface area contributed by atoms with E-state index in [1.807, 2.05) is 0 Å². The number of H-pyrrole nitrogens is 2. The lowest BCUT2D eigenvalue weighted by Crippen LogP contribution is -2.15. The number of nitrogens with zero attached hydrogens (tertiary/aromatic N) is 3. The molecule has 0 aliphatic rings. The first kappa shape index (κ1) is 8.42. The number of aromatic amines is 2. The first-order valence-corrected chi connectivity index (χ1v) is 3.98. The lowest BCUT2D eigenvalue weighted by Gasteiger charge is -1.99. The average Bonchev–Trinajstić information content (AvgIpc) is 2.69. The Labute approximate surface area is 78.6 Å². The molecule has 7 heteroatoms. The molecule has 14 heavy (non-hydrogen) atoms. The third-order valence-electron chi connectivity index (χ3n) is 1.60. The molecule has 0 aliphatic heterocycles. The highest BCUT2D eigenvalue weighted by atomic mass is 16.1. The van der Waals surface area contributed by atoms with Gasteiger partial charge in [-0.05, 0) is 0 Å². The second kappa shape index (κ2) is 3.69. The van der Waals surface area contributed by atoms with Gasteiger partial charge in [0.25, 0.3) is 5.56 Å². The number of rotatable bonds is 3. The van der Waals surface area contributed by atoms with Gasteiger partial charge in [-0.2, -0.15) is 5.10 Å².